The largest absolute Gasteiger partial charge is 0.425 e. The second kappa shape index (κ2) is 6.78. The molecule has 0 N–H and O–H groups in total. The summed E-state index contributed by atoms with van der Waals surface area (Å²) in [5, 5.41) is 0. The number of rotatable bonds is 3. The molecule has 0 spiro atoms. The van der Waals surface area contributed by atoms with Crippen LogP contribution in [0.15, 0.2) is 34.1 Å². The van der Waals surface area contributed by atoms with Crippen molar-refractivity contribution < 1.29 is 9.53 Å². The summed E-state index contributed by atoms with van der Waals surface area (Å²) in [5.74, 6) is -0.0514. The maximum atomic E-state index is 12.5. The van der Waals surface area contributed by atoms with Crippen LogP contribution in [0.4, 0.5) is 0 Å². The maximum absolute atomic E-state index is 12.5. The third-order valence-electron chi connectivity index (χ3n) is 4.78. The Labute approximate surface area is 162 Å². The van der Waals surface area contributed by atoms with Crippen LogP contribution in [0.5, 0.6) is 5.75 Å². The lowest BCUT2D eigenvalue weighted by Crippen LogP contribution is -2.37. The summed E-state index contributed by atoms with van der Waals surface area (Å²) in [6, 6.07) is 5.72. The molecule has 28 heavy (non-hydrogen) atoms. The molecule has 0 aliphatic rings. The minimum Gasteiger partial charge on any atom is -0.425 e. The molecule has 0 aliphatic heterocycles. The molecular weight excluding hydrogens is 360 g/mol. The number of hydrogen-bond acceptors (Lipinski definition) is 5. The highest BCUT2D eigenvalue weighted by molar-refractivity contribution is 5.76. The van der Waals surface area contributed by atoms with E-state index in [-0.39, 0.29) is 23.1 Å². The van der Waals surface area contributed by atoms with Crippen LogP contribution in [0, 0.1) is 6.92 Å². The number of imidazole rings is 1. The topological polar surface area (TPSA) is 88.1 Å². The van der Waals surface area contributed by atoms with Crippen molar-refractivity contribution in [2.45, 2.75) is 39.7 Å². The SMILES string of the molecule is Cc1cc(C(C)(C)C)ccc1OC(=O)Cn1cnc2c1c(=O)n(C)c(=O)n2C. The van der Waals surface area contributed by atoms with Gasteiger partial charge < -0.3 is 9.30 Å². The number of ether oxygens (including phenoxy) is 1. The molecule has 8 nitrogen and oxygen atoms in total. The molecule has 0 saturated carbocycles. The molecule has 2 aromatic heterocycles. The predicted molar refractivity (Wildman–Crippen MR) is 106 cm³/mol. The first-order chi connectivity index (χ1) is 13.0. The Bertz CT molecular complexity index is 1190. The zero-order valence-corrected chi connectivity index (χ0v) is 16.9. The van der Waals surface area contributed by atoms with Gasteiger partial charge in [-0.15, -0.1) is 0 Å². The molecule has 8 heteroatoms. The van der Waals surface area contributed by atoms with Gasteiger partial charge in [-0.25, -0.2) is 14.6 Å². The summed E-state index contributed by atoms with van der Waals surface area (Å²) in [7, 11) is 2.92. The van der Waals surface area contributed by atoms with Crippen molar-refractivity contribution in [3.63, 3.8) is 0 Å². The van der Waals surface area contributed by atoms with Gasteiger partial charge in [0.15, 0.2) is 11.2 Å². The highest BCUT2D eigenvalue weighted by Gasteiger charge is 2.18. The third kappa shape index (κ3) is 3.37. The average molecular weight is 384 g/mol. The summed E-state index contributed by atoms with van der Waals surface area (Å²) in [6.07, 6.45) is 1.36. The zero-order chi connectivity index (χ0) is 20.8. The first kappa shape index (κ1) is 19.6. The Kier molecular flexibility index (Phi) is 4.74. The van der Waals surface area contributed by atoms with Gasteiger partial charge in [0.2, 0.25) is 0 Å². The second-order valence-corrected chi connectivity index (χ2v) is 7.95. The minimum absolute atomic E-state index is 0.000971. The van der Waals surface area contributed by atoms with E-state index in [4.69, 9.17) is 4.74 Å². The van der Waals surface area contributed by atoms with Crippen molar-refractivity contribution in [1.82, 2.24) is 18.7 Å². The van der Waals surface area contributed by atoms with Crippen molar-refractivity contribution in [1.29, 1.82) is 0 Å². The highest BCUT2D eigenvalue weighted by atomic mass is 16.5. The van der Waals surface area contributed by atoms with Gasteiger partial charge in [-0.1, -0.05) is 32.9 Å². The van der Waals surface area contributed by atoms with E-state index in [9.17, 15) is 14.4 Å². The Morgan fingerprint density at radius 3 is 2.43 bits per heavy atom. The van der Waals surface area contributed by atoms with Crippen LogP contribution in [0.1, 0.15) is 31.9 Å². The standard InChI is InChI=1S/C20H24N4O4/c1-12-9-13(20(2,3)4)7-8-14(12)28-15(25)10-24-11-21-17-16(24)18(26)23(6)19(27)22(17)5/h7-9,11H,10H2,1-6H3. The Hall–Kier alpha value is -3.16. The molecule has 0 bridgehead atoms. The van der Waals surface area contributed by atoms with Crippen molar-refractivity contribution in [3.8, 4) is 5.75 Å². The smallest absolute Gasteiger partial charge is 0.332 e. The molecule has 0 unspecified atom stereocenters. The first-order valence-corrected chi connectivity index (χ1v) is 8.93. The number of benzene rings is 1. The summed E-state index contributed by atoms with van der Waals surface area (Å²) in [6.45, 7) is 8.04. The van der Waals surface area contributed by atoms with Crippen LogP contribution in [-0.2, 0) is 30.8 Å². The van der Waals surface area contributed by atoms with Gasteiger partial charge in [0.1, 0.15) is 12.3 Å². The molecule has 0 saturated heterocycles. The van der Waals surface area contributed by atoms with E-state index in [1.54, 1.807) is 6.07 Å². The lowest BCUT2D eigenvalue weighted by molar-refractivity contribution is -0.135. The maximum Gasteiger partial charge on any atom is 0.332 e. The van der Waals surface area contributed by atoms with E-state index in [0.29, 0.717) is 5.75 Å². The van der Waals surface area contributed by atoms with Crippen LogP contribution >= 0.6 is 0 Å². The van der Waals surface area contributed by atoms with Gasteiger partial charge >= 0.3 is 11.7 Å². The fourth-order valence-electron chi connectivity index (χ4n) is 3.04. The van der Waals surface area contributed by atoms with Crippen molar-refractivity contribution in [3.05, 3.63) is 56.5 Å². The van der Waals surface area contributed by atoms with E-state index in [1.165, 1.54) is 29.6 Å². The van der Waals surface area contributed by atoms with Crippen LogP contribution in [-0.4, -0.2) is 24.7 Å². The lowest BCUT2D eigenvalue weighted by atomic mass is 9.86. The lowest BCUT2D eigenvalue weighted by Gasteiger charge is -2.20. The molecule has 2 heterocycles. The third-order valence-corrected chi connectivity index (χ3v) is 4.78. The number of carbonyl (C=O) groups excluding carboxylic acids is 1. The Morgan fingerprint density at radius 2 is 1.82 bits per heavy atom. The van der Waals surface area contributed by atoms with E-state index >= 15 is 0 Å². The Balaban J connectivity index is 1.89. The molecule has 3 rings (SSSR count). The number of aromatic nitrogens is 4. The number of hydrogen-bond donors (Lipinski definition) is 0. The quantitative estimate of drug-likeness (QED) is 0.506. The summed E-state index contributed by atoms with van der Waals surface area (Å²) in [5.41, 5.74) is 1.44. The van der Waals surface area contributed by atoms with Crippen LogP contribution in [0.3, 0.4) is 0 Å². The fraction of sp³-hybridized carbons (Fsp3) is 0.400. The van der Waals surface area contributed by atoms with Gasteiger partial charge in [-0.05, 0) is 29.5 Å². The van der Waals surface area contributed by atoms with Crippen LogP contribution < -0.4 is 16.0 Å². The monoisotopic (exact) mass is 384 g/mol. The summed E-state index contributed by atoms with van der Waals surface area (Å²) in [4.78, 5) is 41.0. The normalized spacial score (nSPS) is 11.8. The average Bonchev–Trinajstić information content (AvgIpc) is 3.02. The van der Waals surface area contributed by atoms with E-state index < -0.39 is 17.2 Å². The van der Waals surface area contributed by atoms with Gasteiger partial charge in [0.05, 0.1) is 6.33 Å². The molecule has 3 aromatic rings. The summed E-state index contributed by atoms with van der Waals surface area (Å²) < 4.78 is 9.15. The van der Waals surface area contributed by atoms with Gasteiger partial charge in [-0.2, -0.15) is 0 Å². The Morgan fingerprint density at radius 1 is 1.14 bits per heavy atom. The predicted octanol–water partition coefficient (Wildman–Crippen LogP) is 1.65. The van der Waals surface area contributed by atoms with Gasteiger partial charge in [0.25, 0.3) is 5.56 Å². The number of carbonyl (C=O) groups is 1. The molecular formula is C20H24N4O4. The van der Waals surface area contributed by atoms with Crippen LogP contribution in [0.25, 0.3) is 11.2 Å². The zero-order valence-electron chi connectivity index (χ0n) is 16.9. The van der Waals surface area contributed by atoms with Gasteiger partial charge in [0, 0.05) is 14.1 Å². The van der Waals surface area contributed by atoms with Crippen LogP contribution in [0.2, 0.25) is 0 Å². The molecule has 1 aromatic carbocycles. The molecule has 0 fully saturated rings. The molecule has 0 atom stereocenters. The molecule has 0 aliphatic carbocycles. The van der Waals surface area contributed by atoms with E-state index in [0.717, 1.165) is 15.7 Å². The van der Waals surface area contributed by atoms with E-state index in [1.807, 2.05) is 19.1 Å². The van der Waals surface area contributed by atoms with Crippen molar-refractivity contribution in [2.24, 2.45) is 14.1 Å². The van der Waals surface area contributed by atoms with Crippen molar-refractivity contribution >= 4 is 17.1 Å². The second-order valence-electron chi connectivity index (χ2n) is 7.95. The number of aryl methyl sites for hydroxylation is 2. The summed E-state index contributed by atoms with van der Waals surface area (Å²) >= 11 is 0. The molecule has 0 amide bonds. The molecule has 148 valence electrons. The van der Waals surface area contributed by atoms with E-state index in [2.05, 4.69) is 25.8 Å². The number of esters is 1. The number of nitrogens with zero attached hydrogens (tertiary/aromatic N) is 4. The first-order valence-electron chi connectivity index (χ1n) is 8.93. The van der Waals surface area contributed by atoms with Gasteiger partial charge in [-0.3, -0.25) is 13.9 Å². The minimum atomic E-state index is -0.526. The number of fused-ring (bicyclic) bond motifs is 1. The fourth-order valence-corrected chi connectivity index (χ4v) is 3.04. The van der Waals surface area contributed by atoms with Crippen molar-refractivity contribution in [2.75, 3.05) is 0 Å². The highest BCUT2D eigenvalue weighted by Crippen LogP contribution is 2.27. The molecule has 0 radical (unpaired) electrons.